The molecule has 3 rings (SSSR count). The van der Waals surface area contributed by atoms with E-state index in [9.17, 15) is 4.39 Å². The molecule has 0 spiro atoms. The van der Waals surface area contributed by atoms with E-state index in [1.807, 2.05) is 0 Å². The highest BCUT2D eigenvalue weighted by atomic mass is 19.1. The van der Waals surface area contributed by atoms with E-state index < -0.39 is 0 Å². The van der Waals surface area contributed by atoms with Crippen LogP contribution in [0, 0.1) is 23.1 Å². The van der Waals surface area contributed by atoms with Crippen molar-refractivity contribution in [3.8, 4) is 0 Å². The monoisotopic (exact) mass is 362 g/mol. The van der Waals surface area contributed by atoms with Crippen molar-refractivity contribution in [1.82, 2.24) is 0 Å². The molecule has 2 nitrogen and oxygen atoms in total. The first-order valence-corrected chi connectivity index (χ1v) is 10.7. The Morgan fingerprint density at radius 2 is 1.54 bits per heavy atom. The summed E-state index contributed by atoms with van der Waals surface area (Å²) in [5.41, 5.74) is 1.30. The molecule has 3 heteroatoms. The maximum absolute atomic E-state index is 13.2. The summed E-state index contributed by atoms with van der Waals surface area (Å²) in [5, 5.41) is 0. The minimum absolute atomic E-state index is 0.217. The number of benzene rings is 1. The highest BCUT2D eigenvalue weighted by Gasteiger charge is 2.46. The van der Waals surface area contributed by atoms with Gasteiger partial charge in [-0.05, 0) is 36.3 Å². The third-order valence-electron chi connectivity index (χ3n) is 6.72. The third-order valence-corrected chi connectivity index (χ3v) is 6.72. The fourth-order valence-electron chi connectivity index (χ4n) is 5.42. The SMILES string of the molecule is CCCC(CCC)C1(C2COC(c3ccc(F)cc3)OC2)CCCCC1. The Morgan fingerprint density at radius 1 is 0.962 bits per heavy atom. The van der Waals surface area contributed by atoms with Crippen LogP contribution in [-0.2, 0) is 9.47 Å². The van der Waals surface area contributed by atoms with Gasteiger partial charge in [0.2, 0.25) is 0 Å². The predicted octanol–water partition coefficient (Wildman–Crippen LogP) is 6.65. The van der Waals surface area contributed by atoms with Crippen LogP contribution in [0.5, 0.6) is 0 Å². The fraction of sp³-hybridized carbons (Fsp3) is 0.739. The summed E-state index contributed by atoms with van der Waals surface area (Å²) in [6, 6.07) is 6.51. The maximum Gasteiger partial charge on any atom is 0.183 e. The van der Waals surface area contributed by atoms with Gasteiger partial charge < -0.3 is 9.47 Å². The number of rotatable bonds is 7. The molecule has 146 valence electrons. The molecule has 0 unspecified atom stereocenters. The molecule has 0 aromatic heterocycles. The van der Waals surface area contributed by atoms with Crippen molar-refractivity contribution in [2.45, 2.75) is 77.9 Å². The second kappa shape index (κ2) is 9.32. The molecule has 1 saturated carbocycles. The number of ether oxygens (including phenoxy) is 2. The zero-order valence-electron chi connectivity index (χ0n) is 16.5. The summed E-state index contributed by atoms with van der Waals surface area (Å²) in [5.74, 6) is 1.06. The van der Waals surface area contributed by atoms with Gasteiger partial charge in [-0.15, -0.1) is 0 Å². The van der Waals surface area contributed by atoms with Crippen molar-refractivity contribution in [2.75, 3.05) is 13.2 Å². The van der Waals surface area contributed by atoms with Gasteiger partial charge in [0.05, 0.1) is 13.2 Å². The summed E-state index contributed by atoms with van der Waals surface area (Å²) < 4.78 is 25.5. The molecule has 1 aliphatic heterocycles. The van der Waals surface area contributed by atoms with Gasteiger partial charge in [0.1, 0.15) is 5.82 Å². The summed E-state index contributed by atoms with van der Waals surface area (Å²) in [6.07, 6.45) is 11.6. The van der Waals surface area contributed by atoms with E-state index >= 15 is 0 Å². The Bertz CT molecular complexity index is 522. The largest absolute Gasteiger partial charge is 0.348 e. The van der Waals surface area contributed by atoms with Crippen molar-refractivity contribution >= 4 is 0 Å². The van der Waals surface area contributed by atoms with E-state index in [4.69, 9.17) is 9.47 Å². The van der Waals surface area contributed by atoms with Gasteiger partial charge in [-0.2, -0.15) is 0 Å². The quantitative estimate of drug-likeness (QED) is 0.540. The smallest absolute Gasteiger partial charge is 0.183 e. The minimum Gasteiger partial charge on any atom is -0.348 e. The van der Waals surface area contributed by atoms with E-state index in [1.165, 1.54) is 69.9 Å². The lowest BCUT2D eigenvalue weighted by molar-refractivity contribution is -0.233. The predicted molar refractivity (Wildman–Crippen MR) is 103 cm³/mol. The minimum atomic E-state index is -0.344. The summed E-state index contributed by atoms with van der Waals surface area (Å²) in [7, 11) is 0. The van der Waals surface area contributed by atoms with Crippen molar-refractivity contribution in [3.05, 3.63) is 35.6 Å². The Balaban J connectivity index is 1.71. The number of halogens is 1. The van der Waals surface area contributed by atoms with Crippen LogP contribution in [0.4, 0.5) is 4.39 Å². The highest BCUT2D eigenvalue weighted by molar-refractivity contribution is 5.17. The van der Waals surface area contributed by atoms with Gasteiger partial charge in [-0.25, -0.2) is 4.39 Å². The molecular formula is C23H35FO2. The number of hydrogen-bond donors (Lipinski definition) is 0. The molecule has 0 N–H and O–H groups in total. The number of hydrogen-bond acceptors (Lipinski definition) is 2. The van der Waals surface area contributed by atoms with Gasteiger partial charge in [-0.1, -0.05) is 70.9 Å². The summed E-state index contributed by atoms with van der Waals surface area (Å²) in [6.45, 7) is 6.17. The van der Waals surface area contributed by atoms with E-state index in [1.54, 1.807) is 12.1 Å². The van der Waals surface area contributed by atoms with Gasteiger partial charge in [-0.3, -0.25) is 0 Å². The zero-order valence-corrected chi connectivity index (χ0v) is 16.5. The Kier molecular flexibility index (Phi) is 7.11. The van der Waals surface area contributed by atoms with Crippen LogP contribution < -0.4 is 0 Å². The van der Waals surface area contributed by atoms with Crippen LogP contribution in [0.3, 0.4) is 0 Å². The van der Waals surface area contributed by atoms with Gasteiger partial charge in [0.25, 0.3) is 0 Å². The lowest BCUT2D eigenvalue weighted by Gasteiger charge is -2.51. The molecule has 26 heavy (non-hydrogen) atoms. The average molecular weight is 363 g/mol. The van der Waals surface area contributed by atoms with E-state index in [2.05, 4.69) is 13.8 Å². The topological polar surface area (TPSA) is 18.5 Å². The molecule has 1 aromatic rings. The van der Waals surface area contributed by atoms with E-state index in [0.717, 1.165) is 24.7 Å². The molecular weight excluding hydrogens is 327 g/mol. The van der Waals surface area contributed by atoms with Crippen LogP contribution in [0.1, 0.15) is 83.5 Å². The van der Waals surface area contributed by atoms with Crippen molar-refractivity contribution in [2.24, 2.45) is 17.3 Å². The second-order valence-electron chi connectivity index (χ2n) is 8.32. The lowest BCUT2D eigenvalue weighted by atomic mass is 9.57. The standard InChI is InChI=1S/C23H35FO2/c1-3-8-19(9-4-2)23(14-6-5-7-15-23)20-16-25-22(26-17-20)18-10-12-21(24)13-11-18/h10-13,19-20,22H,3-9,14-17H2,1-2H3. The average Bonchev–Trinajstić information content (AvgIpc) is 2.69. The van der Waals surface area contributed by atoms with Crippen molar-refractivity contribution < 1.29 is 13.9 Å². The van der Waals surface area contributed by atoms with Crippen LogP contribution >= 0.6 is 0 Å². The first kappa shape index (κ1) is 19.8. The van der Waals surface area contributed by atoms with Gasteiger partial charge in [0, 0.05) is 11.5 Å². The molecule has 0 radical (unpaired) electrons. The lowest BCUT2D eigenvalue weighted by Crippen LogP contribution is -2.46. The summed E-state index contributed by atoms with van der Waals surface area (Å²) in [4.78, 5) is 0. The molecule has 1 heterocycles. The van der Waals surface area contributed by atoms with Crippen LogP contribution in [0.25, 0.3) is 0 Å². The fourth-order valence-corrected chi connectivity index (χ4v) is 5.42. The molecule has 0 amide bonds. The molecule has 0 atom stereocenters. The molecule has 1 saturated heterocycles. The summed E-state index contributed by atoms with van der Waals surface area (Å²) >= 11 is 0. The maximum atomic E-state index is 13.2. The first-order chi connectivity index (χ1) is 12.7. The van der Waals surface area contributed by atoms with E-state index in [0.29, 0.717) is 11.3 Å². The van der Waals surface area contributed by atoms with Crippen LogP contribution in [0.2, 0.25) is 0 Å². The highest BCUT2D eigenvalue weighted by Crippen LogP contribution is 2.53. The molecule has 0 bridgehead atoms. The molecule has 1 aromatic carbocycles. The zero-order chi connectivity index (χ0) is 18.4. The second-order valence-corrected chi connectivity index (χ2v) is 8.32. The Hall–Kier alpha value is -0.930. The molecule has 1 aliphatic carbocycles. The normalized spacial score (nSPS) is 26.2. The first-order valence-electron chi connectivity index (χ1n) is 10.7. The third kappa shape index (κ3) is 4.31. The molecule has 2 aliphatic rings. The van der Waals surface area contributed by atoms with Crippen molar-refractivity contribution in [3.63, 3.8) is 0 Å². The van der Waals surface area contributed by atoms with Gasteiger partial charge >= 0.3 is 0 Å². The van der Waals surface area contributed by atoms with Gasteiger partial charge in [0.15, 0.2) is 6.29 Å². The Labute approximate surface area is 158 Å². The van der Waals surface area contributed by atoms with Crippen LogP contribution in [-0.4, -0.2) is 13.2 Å². The molecule has 2 fully saturated rings. The van der Waals surface area contributed by atoms with E-state index in [-0.39, 0.29) is 12.1 Å². The Morgan fingerprint density at radius 3 is 2.08 bits per heavy atom. The van der Waals surface area contributed by atoms with Crippen molar-refractivity contribution in [1.29, 1.82) is 0 Å². The van der Waals surface area contributed by atoms with Crippen LogP contribution in [0.15, 0.2) is 24.3 Å².